The highest BCUT2D eigenvalue weighted by atomic mass is 35.5. The van der Waals surface area contributed by atoms with Crippen molar-refractivity contribution in [1.82, 2.24) is 10.6 Å². The maximum Gasteiger partial charge on any atom is 0.191 e. The second-order valence-electron chi connectivity index (χ2n) is 7.95. The highest BCUT2D eigenvalue weighted by Crippen LogP contribution is 2.24. The van der Waals surface area contributed by atoms with Crippen LogP contribution in [0.5, 0.6) is 0 Å². The number of para-hydroxylation sites is 1. The Hall–Kier alpha value is -2.40. The molecule has 0 aliphatic carbocycles. The molecule has 2 fully saturated rings. The molecule has 154 valence electrons. The van der Waals surface area contributed by atoms with Gasteiger partial charge in [-0.15, -0.1) is 0 Å². The fourth-order valence-corrected chi connectivity index (χ4v) is 4.47. The van der Waals surface area contributed by atoms with Gasteiger partial charge in [-0.3, -0.25) is 4.99 Å². The second kappa shape index (κ2) is 9.40. The molecule has 0 aromatic heterocycles. The van der Waals surface area contributed by atoms with E-state index in [-0.39, 0.29) is 0 Å². The smallest absolute Gasteiger partial charge is 0.191 e. The first-order chi connectivity index (χ1) is 14.2. The van der Waals surface area contributed by atoms with Crippen molar-refractivity contribution in [3.63, 3.8) is 0 Å². The van der Waals surface area contributed by atoms with Gasteiger partial charge in [0.15, 0.2) is 5.96 Å². The van der Waals surface area contributed by atoms with Crippen molar-refractivity contribution >= 4 is 28.9 Å². The van der Waals surface area contributed by atoms with Gasteiger partial charge in [-0.25, -0.2) is 0 Å². The Morgan fingerprint density at radius 1 is 1.00 bits per heavy atom. The van der Waals surface area contributed by atoms with Gasteiger partial charge in [0.1, 0.15) is 0 Å². The summed E-state index contributed by atoms with van der Waals surface area (Å²) in [6, 6.07) is 19.2. The number of nitrogens with one attached hydrogen (secondary N) is 2. The summed E-state index contributed by atoms with van der Waals surface area (Å²) in [5, 5.41) is 7.93. The van der Waals surface area contributed by atoms with Crippen LogP contribution in [0.3, 0.4) is 0 Å². The van der Waals surface area contributed by atoms with Crippen LogP contribution >= 0.6 is 11.6 Å². The maximum atomic E-state index is 6.14. The average molecular weight is 412 g/mol. The lowest BCUT2D eigenvalue weighted by Gasteiger charge is -2.22. The summed E-state index contributed by atoms with van der Waals surface area (Å²) in [7, 11) is 1.85. The maximum absolute atomic E-state index is 6.14. The molecule has 2 heterocycles. The molecule has 2 aliphatic rings. The van der Waals surface area contributed by atoms with Gasteiger partial charge in [-0.1, -0.05) is 35.9 Å². The van der Waals surface area contributed by atoms with Crippen LogP contribution in [-0.4, -0.2) is 51.8 Å². The zero-order chi connectivity index (χ0) is 20.1. The zero-order valence-corrected chi connectivity index (χ0v) is 17.8. The standard InChI is InChI=1S/C23H30ClN5/c1-25-23(26-15-18-10-12-28(16-18)21-7-3-2-4-8-21)27-20-11-13-29(17-20)22-9-5-6-19(24)14-22/h2-9,14,18,20H,10-13,15-17H2,1H3,(H2,25,26,27). The molecular formula is C23H30ClN5. The lowest BCUT2D eigenvalue weighted by atomic mass is 10.1. The molecule has 2 atom stereocenters. The van der Waals surface area contributed by atoms with Crippen LogP contribution in [0, 0.1) is 5.92 Å². The first kappa shape index (κ1) is 19.9. The van der Waals surface area contributed by atoms with Crippen molar-refractivity contribution in [2.24, 2.45) is 10.9 Å². The minimum Gasteiger partial charge on any atom is -0.371 e. The van der Waals surface area contributed by atoms with E-state index < -0.39 is 0 Å². The summed E-state index contributed by atoms with van der Waals surface area (Å²) in [6.45, 7) is 5.17. The minimum absolute atomic E-state index is 0.393. The number of benzene rings is 2. The van der Waals surface area contributed by atoms with Gasteiger partial charge in [-0.2, -0.15) is 0 Å². The number of anilines is 2. The molecule has 2 aromatic carbocycles. The Bertz CT molecular complexity index is 825. The first-order valence-electron chi connectivity index (χ1n) is 10.5. The molecule has 2 aromatic rings. The predicted molar refractivity (Wildman–Crippen MR) is 123 cm³/mol. The van der Waals surface area contributed by atoms with Gasteiger partial charge in [0, 0.05) is 62.2 Å². The fourth-order valence-electron chi connectivity index (χ4n) is 4.29. The van der Waals surface area contributed by atoms with Crippen molar-refractivity contribution in [2.45, 2.75) is 18.9 Å². The number of guanidine groups is 1. The summed E-state index contributed by atoms with van der Waals surface area (Å²) >= 11 is 6.14. The summed E-state index contributed by atoms with van der Waals surface area (Å²) in [5.74, 6) is 1.54. The van der Waals surface area contributed by atoms with E-state index in [0.29, 0.717) is 12.0 Å². The van der Waals surface area contributed by atoms with E-state index in [4.69, 9.17) is 11.6 Å². The van der Waals surface area contributed by atoms with E-state index in [2.05, 4.69) is 61.8 Å². The Labute approximate surface area is 178 Å². The molecule has 29 heavy (non-hydrogen) atoms. The highest BCUT2D eigenvalue weighted by Gasteiger charge is 2.25. The topological polar surface area (TPSA) is 42.9 Å². The van der Waals surface area contributed by atoms with Gasteiger partial charge in [0.05, 0.1) is 0 Å². The summed E-state index contributed by atoms with van der Waals surface area (Å²) in [5.41, 5.74) is 2.52. The molecule has 2 aliphatic heterocycles. The Morgan fingerprint density at radius 3 is 2.55 bits per heavy atom. The van der Waals surface area contributed by atoms with E-state index in [1.54, 1.807) is 0 Å². The predicted octanol–water partition coefficient (Wildman–Crippen LogP) is 3.61. The molecule has 2 saturated heterocycles. The highest BCUT2D eigenvalue weighted by molar-refractivity contribution is 6.30. The third kappa shape index (κ3) is 5.15. The second-order valence-corrected chi connectivity index (χ2v) is 8.38. The van der Waals surface area contributed by atoms with Crippen molar-refractivity contribution in [1.29, 1.82) is 0 Å². The average Bonchev–Trinajstić information content (AvgIpc) is 3.41. The van der Waals surface area contributed by atoms with Gasteiger partial charge in [-0.05, 0) is 49.1 Å². The van der Waals surface area contributed by atoms with Gasteiger partial charge < -0.3 is 20.4 Å². The summed E-state index contributed by atoms with van der Waals surface area (Å²) in [6.07, 6.45) is 2.31. The van der Waals surface area contributed by atoms with E-state index in [1.165, 1.54) is 17.8 Å². The molecule has 0 radical (unpaired) electrons. The van der Waals surface area contributed by atoms with Crippen molar-refractivity contribution in [3.8, 4) is 0 Å². The first-order valence-corrected chi connectivity index (χ1v) is 10.9. The quantitative estimate of drug-likeness (QED) is 0.582. The largest absolute Gasteiger partial charge is 0.371 e. The molecule has 2 unspecified atom stereocenters. The van der Waals surface area contributed by atoms with Crippen LogP contribution in [0.15, 0.2) is 59.6 Å². The van der Waals surface area contributed by atoms with E-state index >= 15 is 0 Å². The molecule has 2 N–H and O–H groups in total. The SMILES string of the molecule is CN=C(NCC1CCN(c2ccccc2)C1)NC1CCN(c2cccc(Cl)c2)C1. The van der Waals surface area contributed by atoms with Gasteiger partial charge in [0.25, 0.3) is 0 Å². The summed E-state index contributed by atoms with van der Waals surface area (Å²) in [4.78, 5) is 9.30. The van der Waals surface area contributed by atoms with Crippen LogP contribution in [0.25, 0.3) is 0 Å². The Morgan fingerprint density at radius 2 is 1.76 bits per heavy atom. The molecular weight excluding hydrogens is 382 g/mol. The molecule has 0 spiro atoms. The normalized spacial score (nSPS) is 22.2. The molecule has 0 amide bonds. The van der Waals surface area contributed by atoms with E-state index in [1.807, 2.05) is 25.2 Å². The van der Waals surface area contributed by atoms with Gasteiger partial charge in [0.2, 0.25) is 0 Å². The van der Waals surface area contributed by atoms with Crippen LogP contribution < -0.4 is 20.4 Å². The fraction of sp³-hybridized carbons (Fsp3) is 0.435. The lowest BCUT2D eigenvalue weighted by Crippen LogP contribution is -2.46. The number of halogens is 1. The van der Waals surface area contributed by atoms with Crippen molar-refractivity contribution in [3.05, 3.63) is 59.6 Å². The number of rotatable bonds is 5. The van der Waals surface area contributed by atoms with Crippen molar-refractivity contribution in [2.75, 3.05) is 49.6 Å². The third-order valence-electron chi connectivity index (χ3n) is 5.89. The van der Waals surface area contributed by atoms with Crippen LogP contribution in [0.2, 0.25) is 5.02 Å². The lowest BCUT2D eigenvalue weighted by molar-refractivity contribution is 0.557. The molecule has 0 bridgehead atoms. The number of aliphatic imine (C=N–C) groups is 1. The number of nitrogens with zero attached hydrogens (tertiary/aromatic N) is 3. The molecule has 5 nitrogen and oxygen atoms in total. The third-order valence-corrected chi connectivity index (χ3v) is 6.13. The van der Waals surface area contributed by atoms with Gasteiger partial charge >= 0.3 is 0 Å². The van der Waals surface area contributed by atoms with Crippen LogP contribution in [-0.2, 0) is 0 Å². The molecule has 4 rings (SSSR count). The number of hydrogen-bond acceptors (Lipinski definition) is 3. The molecule has 0 saturated carbocycles. The summed E-state index contributed by atoms with van der Waals surface area (Å²) < 4.78 is 0. The molecule has 6 heteroatoms. The van der Waals surface area contributed by atoms with Crippen molar-refractivity contribution < 1.29 is 0 Å². The Balaban J connectivity index is 1.23. The zero-order valence-electron chi connectivity index (χ0n) is 17.0. The van der Waals surface area contributed by atoms with E-state index in [9.17, 15) is 0 Å². The van der Waals surface area contributed by atoms with Crippen LogP contribution in [0.4, 0.5) is 11.4 Å². The number of hydrogen-bond donors (Lipinski definition) is 2. The Kier molecular flexibility index (Phi) is 6.45. The minimum atomic E-state index is 0.393. The van der Waals surface area contributed by atoms with E-state index in [0.717, 1.165) is 50.1 Å². The monoisotopic (exact) mass is 411 g/mol. The van der Waals surface area contributed by atoms with Crippen LogP contribution in [0.1, 0.15) is 12.8 Å².